The Balaban J connectivity index is 3.03. The quantitative estimate of drug-likeness (QED) is 0.656. The molecule has 0 aromatic heterocycles. The van der Waals surface area contributed by atoms with Crippen LogP contribution in [0, 0.1) is 12.3 Å². The van der Waals surface area contributed by atoms with Crippen LogP contribution in [0.1, 0.15) is 5.56 Å². The Hall–Kier alpha value is -1.53. The van der Waals surface area contributed by atoms with E-state index >= 15 is 0 Å². The van der Waals surface area contributed by atoms with Gasteiger partial charge in [0.15, 0.2) is 5.04 Å². The minimum absolute atomic E-state index is 0.0941. The van der Waals surface area contributed by atoms with Crippen LogP contribution in [0.25, 0.3) is 0 Å². The van der Waals surface area contributed by atoms with Gasteiger partial charge in [0.25, 0.3) is 0 Å². The first kappa shape index (κ1) is 14.5. The molecule has 0 aliphatic carbocycles. The molecule has 96 valence electrons. The van der Waals surface area contributed by atoms with Crippen molar-refractivity contribution in [2.75, 3.05) is 0 Å². The molecular formula is C12H14N2O2S2. The van der Waals surface area contributed by atoms with Crippen LogP contribution >= 0.6 is 11.8 Å². The van der Waals surface area contributed by atoms with Gasteiger partial charge in [-0.2, -0.15) is 0 Å². The van der Waals surface area contributed by atoms with E-state index in [1.165, 1.54) is 23.7 Å². The molecule has 0 aliphatic heterocycles. The van der Waals surface area contributed by atoms with Crippen molar-refractivity contribution in [2.24, 2.45) is 5.73 Å². The van der Waals surface area contributed by atoms with E-state index < -0.39 is 14.9 Å². The Morgan fingerprint density at radius 3 is 2.44 bits per heavy atom. The second kappa shape index (κ2) is 5.88. The van der Waals surface area contributed by atoms with Gasteiger partial charge in [-0.1, -0.05) is 36.0 Å². The summed E-state index contributed by atoms with van der Waals surface area (Å²) in [6.45, 7) is 5.42. The van der Waals surface area contributed by atoms with Crippen LogP contribution in [-0.2, 0) is 9.84 Å². The topological polar surface area (TPSA) is 84.0 Å². The SMILES string of the molecule is C=C(S/C=C\N)C(=N)S(=O)(=O)c1ccc(C)cc1. The molecule has 6 heteroatoms. The lowest BCUT2D eigenvalue weighted by Gasteiger charge is -2.07. The van der Waals surface area contributed by atoms with Gasteiger partial charge in [-0.3, -0.25) is 5.41 Å². The van der Waals surface area contributed by atoms with Crippen molar-refractivity contribution in [1.82, 2.24) is 0 Å². The predicted molar refractivity (Wildman–Crippen MR) is 76.1 cm³/mol. The third-order valence-electron chi connectivity index (χ3n) is 2.14. The number of rotatable bonds is 4. The van der Waals surface area contributed by atoms with Crippen LogP contribution in [0.5, 0.6) is 0 Å². The number of benzene rings is 1. The number of hydrogen-bond acceptors (Lipinski definition) is 5. The lowest BCUT2D eigenvalue weighted by Crippen LogP contribution is -2.14. The molecule has 1 rings (SSSR count). The van der Waals surface area contributed by atoms with Crippen LogP contribution in [0.2, 0.25) is 0 Å². The van der Waals surface area contributed by atoms with E-state index in [1.807, 2.05) is 6.92 Å². The van der Waals surface area contributed by atoms with Gasteiger partial charge in [-0.15, -0.1) is 0 Å². The van der Waals surface area contributed by atoms with Crippen molar-refractivity contribution in [1.29, 1.82) is 5.41 Å². The molecule has 0 heterocycles. The van der Waals surface area contributed by atoms with Gasteiger partial charge in [-0.25, -0.2) is 8.42 Å². The van der Waals surface area contributed by atoms with Crippen LogP contribution < -0.4 is 5.73 Å². The minimum atomic E-state index is -3.80. The average Bonchev–Trinajstić information content (AvgIpc) is 2.35. The molecule has 0 amide bonds. The zero-order valence-electron chi connectivity index (χ0n) is 9.88. The van der Waals surface area contributed by atoms with Crippen molar-refractivity contribution in [3.8, 4) is 0 Å². The first-order chi connectivity index (χ1) is 8.39. The zero-order chi connectivity index (χ0) is 13.8. The molecule has 0 bridgehead atoms. The lowest BCUT2D eigenvalue weighted by molar-refractivity contribution is 0.607. The third-order valence-corrected chi connectivity index (χ3v) is 4.73. The van der Waals surface area contributed by atoms with Gasteiger partial charge in [-0.05, 0) is 24.5 Å². The highest BCUT2D eigenvalue weighted by molar-refractivity contribution is 8.13. The first-order valence-electron chi connectivity index (χ1n) is 5.02. The highest BCUT2D eigenvalue weighted by Gasteiger charge is 2.23. The maximum Gasteiger partial charge on any atom is 0.224 e. The van der Waals surface area contributed by atoms with E-state index in [4.69, 9.17) is 11.1 Å². The van der Waals surface area contributed by atoms with Crippen molar-refractivity contribution in [3.05, 3.63) is 52.9 Å². The fourth-order valence-electron chi connectivity index (χ4n) is 1.16. The fraction of sp³-hybridized carbons (Fsp3) is 0.0833. The number of sulfone groups is 1. The maximum atomic E-state index is 12.1. The fourth-order valence-corrected chi connectivity index (χ4v) is 3.01. The Morgan fingerprint density at radius 1 is 1.39 bits per heavy atom. The number of thioether (sulfide) groups is 1. The molecule has 0 saturated heterocycles. The van der Waals surface area contributed by atoms with Gasteiger partial charge in [0.05, 0.1) is 4.90 Å². The highest BCUT2D eigenvalue weighted by atomic mass is 32.2. The summed E-state index contributed by atoms with van der Waals surface area (Å²) in [6.07, 6.45) is 1.27. The number of hydrogen-bond donors (Lipinski definition) is 2. The standard InChI is InChI=1S/C12H14N2O2S2/c1-9-3-5-11(6-4-9)18(15,16)12(14)10(2)17-8-7-13/h3-8,14H,2,13H2,1H3/b8-7-,14-12?. The second-order valence-electron chi connectivity index (χ2n) is 3.52. The molecule has 1 aromatic carbocycles. The number of nitrogens with one attached hydrogen (secondary N) is 1. The van der Waals surface area contributed by atoms with Crippen molar-refractivity contribution >= 4 is 26.6 Å². The van der Waals surface area contributed by atoms with Gasteiger partial charge in [0.2, 0.25) is 9.84 Å². The van der Waals surface area contributed by atoms with Gasteiger partial charge < -0.3 is 5.73 Å². The van der Waals surface area contributed by atoms with E-state index in [0.29, 0.717) is 0 Å². The highest BCUT2D eigenvalue weighted by Crippen LogP contribution is 2.23. The van der Waals surface area contributed by atoms with Gasteiger partial charge in [0, 0.05) is 11.1 Å². The minimum Gasteiger partial charge on any atom is -0.404 e. The smallest absolute Gasteiger partial charge is 0.224 e. The molecule has 4 nitrogen and oxygen atoms in total. The van der Waals surface area contributed by atoms with Gasteiger partial charge >= 0.3 is 0 Å². The summed E-state index contributed by atoms with van der Waals surface area (Å²) in [4.78, 5) is 0.230. The monoisotopic (exact) mass is 282 g/mol. The van der Waals surface area contributed by atoms with Crippen molar-refractivity contribution in [3.63, 3.8) is 0 Å². The summed E-state index contributed by atoms with van der Waals surface area (Å²) >= 11 is 1.01. The molecule has 0 aliphatic rings. The molecule has 0 radical (unpaired) electrons. The summed E-state index contributed by atoms with van der Waals surface area (Å²) < 4.78 is 24.2. The third kappa shape index (κ3) is 3.24. The number of aryl methyl sites for hydroxylation is 1. The zero-order valence-corrected chi connectivity index (χ0v) is 11.5. The van der Waals surface area contributed by atoms with E-state index in [0.717, 1.165) is 17.3 Å². The molecule has 0 unspecified atom stereocenters. The summed E-state index contributed by atoms with van der Waals surface area (Å²) in [6, 6.07) is 6.34. The van der Waals surface area contributed by atoms with Crippen molar-refractivity contribution < 1.29 is 8.42 Å². The van der Waals surface area contributed by atoms with Crippen LogP contribution in [-0.4, -0.2) is 13.5 Å². The lowest BCUT2D eigenvalue weighted by atomic mass is 10.2. The van der Waals surface area contributed by atoms with Crippen molar-refractivity contribution in [2.45, 2.75) is 11.8 Å². The molecule has 1 aromatic rings. The molecule has 0 fully saturated rings. The normalized spacial score (nSPS) is 11.6. The Morgan fingerprint density at radius 2 is 1.94 bits per heavy atom. The summed E-state index contributed by atoms with van der Waals surface area (Å²) in [5.74, 6) is 0. The largest absolute Gasteiger partial charge is 0.404 e. The Bertz CT molecular complexity index is 587. The molecular weight excluding hydrogens is 268 g/mol. The van der Waals surface area contributed by atoms with E-state index in [1.54, 1.807) is 12.1 Å². The van der Waals surface area contributed by atoms with Gasteiger partial charge in [0.1, 0.15) is 0 Å². The Kier molecular flexibility index (Phi) is 4.75. The summed E-state index contributed by atoms with van der Waals surface area (Å²) in [5, 5.41) is 8.65. The molecule has 0 atom stereocenters. The average molecular weight is 282 g/mol. The van der Waals surface area contributed by atoms with E-state index in [9.17, 15) is 8.42 Å². The number of nitrogens with two attached hydrogens (primary N) is 1. The molecule has 18 heavy (non-hydrogen) atoms. The molecule has 3 N–H and O–H groups in total. The van der Waals surface area contributed by atoms with E-state index in [-0.39, 0.29) is 9.80 Å². The van der Waals surface area contributed by atoms with Crippen LogP contribution in [0.15, 0.2) is 52.3 Å². The van der Waals surface area contributed by atoms with E-state index in [2.05, 4.69) is 6.58 Å². The van der Waals surface area contributed by atoms with Crippen LogP contribution in [0.3, 0.4) is 0 Å². The summed E-state index contributed by atoms with van der Waals surface area (Å²) in [5.41, 5.74) is 6.11. The van der Waals surface area contributed by atoms with Crippen LogP contribution in [0.4, 0.5) is 0 Å². The first-order valence-corrected chi connectivity index (χ1v) is 7.39. The molecule has 0 spiro atoms. The predicted octanol–water partition coefficient (Wildman–Crippen LogP) is 2.42. The summed E-state index contributed by atoms with van der Waals surface area (Å²) in [7, 11) is -3.80. The molecule has 0 saturated carbocycles. The Labute approximate surface area is 111 Å². The maximum absolute atomic E-state index is 12.1. The second-order valence-corrected chi connectivity index (χ2v) is 6.40.